The number of aryl methyl sites for hydroxylation is 1. The van der Waals surface area contributed by atoms with E-state index in [9.17, 15) is 9.59 Å². The standard InChI is InChI=1S/C15H22N2O2/c1-11-7-5-6-8-12(11)14(19)16-10-9-13(18)17-15(2,3)4/h5-8H,9-10H2,1-4H3,(H,16,19)(H,17,18). The molecular weight excluding hydrogens is 240 g/mol. The Balaban J connectivity index is 2.40. The van der Waals surface area contributed by atoms with E-state index < -0.39 is 0 Å². The zero-order valence-corrected chi connectivity index (χ0v) is 12.0. The van der Waals surface area contributed by atoms with E-state index in [1.165, 1.54) is 0 Å². The van der Waals surface area contributed by atoms with E-state index in [1.807, 2.05) is 45.9 Å². The predicted octanol–water partition coefficient (Wildman–Crippen LogP) is 2.03. The lowest BCUT2D eigenvalue weighted by Gasteiger charge is -2.20. The maximum absolute atomic E-state index is 11.9. The van der Waals surface area contributed by atoms with E-state index in [1.54, 1.807) is 6.07 Å². The van der Waals surface area contributed by atoms with Gasteiger partial charge >= 0.3 is 0 Å². The average molecular weight is 262 g/mol. The first kappa shape index (κ1) is 15.2. The van der Waals surface area contributed by atoms with Gasteiger partial charge in [-0.1, -0.05) is 18.2 Å². The summed E-state index contributed by atoms with van der Waals surface area (Å²) in [6.45, 7) is 8.01. The van der Waals surface area contributed by atoms with Crippen molar-refractivity contribution in [3.8, 4) is 0 Å². The van der Waals surface area contributed by atoms with Crippen molar-refractivity contribution in [2.24, 2.45) is 0 Å². The third-order valence-corrected chi connectivity index (χ3v) is 2.54. The molecule has 0 heterocycles. The summed E-state index contributed by atoms with van der Waals surface area (Å²) < 4.78 is 0. The zero-order chi connectivity index (χ0) is 14.5. The zero-order valence-electron chi connectivity index (χ0n) is 12.0. The van der Waals surface area contributed by atoms with E-state index in [4.69, 9.17) is 0 Å². The van der Waals surface area contributed by atoms with Crippen LogP contribution >= 0.6 is 0 Å². The maximum Gasteiger partial charge on any atom is 0.251 e. The van der Waals surface area contributed by atoms with Crippen molar-refractivity contribution in [3.05, 3.63) is 35.4 Å². The Hall–Kier alpha value is -1.84. The summed E-state index contributed by atoms with van der Waals surface area (Å²) in [4.78, 5) is 23.5. The fraction of sp³-hybridized carbons (Fsp3) is 0.467. The fourth-order valence-electron chi connectivity index (χ4n) is 1.69. The van der Waals surface area contributed by atoms with Crippen molar-refractivity contribution in [2.75, 3.05) is 6.54 Å². The number of hydrogen-bond donors (Lipinski definition) is 2. The Morgan fingerprint density at radius 2 is 1.79 bits per heavy atom. The second kappa shape index (κ2) is 6.36. The minimum absolute atomic E-state index is 0.0578. The van der Waals surface area contributed by atoms with E-state index in [0.29, 0.717) is 12.1 Å². The summed E-state index contributed by atoms with van der Waals surface area (Å²) in [5, 5.41) is 5.61. The lowest BCUT2D eigenvalue weighted by atomic mass is 10.1. The van der Waals surface area contributed by atoms with Gasteiger partial charge in [-0.15, -0.1) is 0 Å². The third kappa shape index (κ3) is 5.55. The summed E-state index contributed by atoms with van der Waals surface area (Å²) in [5.41, 5.74) is 1.34. The summed E-state index contributed by atoms with van der Waals surface area (Å²) in [5.74, 6) is -0.195. The molecule has 2 N–H and O–H groups in total. The molecule has 0 spiro atoms. The molecule has 2 amide bonds. The first-order valence-corrected chi connectivity index (χ1v) is 6.44. The van der Waals surface area contributed by atoms with Crippen LogP contribution in [0.4, 0.5) is 0 Å². The largest absolute Gasteiger partial charge is 0.352 e. The van der Waals surface area contributed by atoms with Gasteiger partial charge in [0.2, 0.25) is 5.91 Å². The smallest absolute Gasteiger partial charge is 0.251 e. The molecular formula is C15H22N2O2. The molecule has 0 unspecified atom stereocenters. The molecule has 1 rings (SSSR count). The molecule has 0 fully saturated rings. The van der Waals surface area contributed by atoms with Gasteiger partial charge in [-0.3, -0.25) is 9.59 Å². The molecule has 0 aliphatic carbocycles. The Morgan fingerprint density at radius 3 is 2.37 bits per heavy atom. The molecule has 0 aliphatic rings. The first-order chi connectivity index (χ1) is 8.79. The van der Waals surface area contributed by atoms with E-state index in [2.05, 4.69) is 10.6 Å². The predicted molar refractivity (Wildman–Crippen MR) is 76.0 cm³/mol. The van der Waals surface area contributed by atoms with Crippen LogP contribution in [0.5, 0.6) is 0 Å². The van der Waals surface area contributed by atoms with Gasteiger partial charge < -0.3 is 10.6 Å². The molecule has 0 aromatic heterocycles. The maximum atomic E-state index is 11.9. The molecule has 4 nitrogen and oxygen atoms in total. The molecule has 4 heteroatoms. The van der Waals surface area contributed by atoms with Gasteiger partial charge in [-0.25, -0.2) is 0 Å². The van der Waals surface area contributed by atoms with Crippen LogP contribution < -0.4 is 10.6 Å². The lowest BCUT2D eigenvalue weighted by Crippen LogP contribution is -2.42. The highest BCUT2D eigenvalue weighted by Crippen LogP contribution is 2.06. The highest BCUT2D eigenvalue weighted by atomic mass is 16.2. The van der Waals surface area contributed by atoms with Gasteiger partial charge in [0.15, 0.2) is 0 Å². The molecule has 1 aromatic carbocycles. The van der Waals surface area contributed by atoms with Crippen molar-refractivity contribution in [1.82, 2.24) is 10.6 Å². The van der Waals surface area contributed by atoms with Crippen LogP contribution in [0.3, 0.4) is 0 Å². The van der Waals surface area contributed by atoms with E-state index >= 15 is 0 Å². The van der Waals surface area contributed by atoms with E-state index in [-0.39, 0.29) is 23.8 Å². The summed E-state index contributed by atoms with van der Waals surface area (Å²) in [6.07, 6.45) is 0.287. The lowest BCUT2D eigenvalue weighted by molar-refractivity contribution is -0.122. The molecule has 104 valence electrons. The van der Waals surface area contributed by atoms with Crippen LogP contribution in [0.15, 0.2) is 24.3 Å². The molecule has 0 saturated heterocycles. The second-order valence-corrected chi connectivity index (χ2v) is 5.62. The number of nitrogens with one attached hydrogen (secondary N) is 2. The quantitative estimate of drug-likeness (QED) is 0.872. The van der Waals surface area contributed by atoms with Crippen LogP contribution in [-0.4, -0.2) is 23.9 Å². The number of amides is 2. The summed E-state index contributed by atoms with van der Waals surface area (Å²) in [6, 6.07) is 7.39. The van der Waals surface area contributed by atoms with Gasteiger partial charge in [0, 0.05) is 24.1 Å². The van der Waals surface area contributed by atoms with Gasteiger partial charge in [-0.2, -0.15) is 0 Å². The van der Waals surface area contributed by atoms with Crippen molar-refractivity contribution >= 4 is 11.8 Å². The summed E-state index contributed by atoms with van der Waals surface area (Å²) in [7, 11) is 0. The molecule has 1 aromatic rings. The highest BCUT2D eigenvalue weighted by Gasteiger charge is 2.14. The van der Waals surface area contributed by atoms with Crippen molar-refractivity contribution in [3.63, 3.8) is 0 Å². The Bertz CT molecular complexity index is 461. The van der Waals surface area contributed by atoms with Gasteiger partial charge in [0.05, 0.1) is 0 Å². The molecule has 19 heavy (non-hydrogen) atoms. The average Bonchev–Trinajstić information content (AvgIpc) is 2.26. The molecule has 0 aliphatic heterocycles. The summed E-state index contributed by atoms with van der Waals surface area (Å²) >= 11 is 0. The van der Waals surface area contributed by atoms with Crippen LogP contribution in [0, 0.1) is 6.92 Å². The fourth-order valence-corrected chi connectivity index (χ4v) is 1.69. The highest BCUT2D eigenvalue weighted by molar-refractivity contribution is 5.95. The van der Waals surface area contributed by atoms with Crippen LogP contribution in [-0.2, 0) is 4.79 Å². The molecule has 0 saturated carbocycles. The third-order valence-electron chi connectivity index (χ3n) is 2.54. The van der Waals surface area contributed by atoms with Crippen molar-refractivity contribution in [1.29, 1.82) is 0 Å². The number of carbonyl (C=O) groups is 2. The number of carbonyl (C=O) groups excluding carboxylic acids is 2. The first-order valence-electron chi connectivity index (χ1n) is 6.44. The topological polar surface area (TPSA) is 58.2 Å². The minimum atomic E-state index is -0.239. The normalized spacial score (nSPS) is 10.9. The Labute approximate surface area is 114 Å². The SMILES string of the molecule is Cc1ccccc1C(=O)NCCC(=O)NC(C)(C)C. The van der Waals surface area contributed by atoms with Crippen molar-refractivity contribution < 1.29 is 9.59 Å². The number of hydrogen-bond acceptors (Lipinski definition) is 2. The van der Waals surface area contributed by atoms with Gasteiger partial charge in [0.25, 0.3) is 5.91 Å². The Kier molecular flexibility index (Phi) is 5.10. The monoisotopic (exact) mass is 262 g/mol. The minimum Gasteiger partial charge on any atom is -0.352 e. The van der Waals surface area contributed by atoms with Crippen LogP contribution in [0.1, 0.15) is 43.1 Å². The van der Waals surface area contributed by atoms with Crippen LogP contribution in [0.2, 0.25) is 0 Å². The Morgan fingerprint density at radius 1 is 1.16 bits per heavy atom. The van der Waals surface area contributed by atoms with E-state index in [0.717, 1.165) is 5.56 Å². The second-order valence-electron chi connectivity index (χ2n) is 5.62. The van der Waals surface area contributed by atoms with Crippen LogP contribution in [0.25, 0.3) is 0 Å². The number of benzene rings is 1. The molecule has 0 atom stereocenters. The van der Waals surface area contributed by atoms with Gasteiger partial charge in [0.1, 0.15) is 0 Å². The van der Waals surface area contributed by atoms with Gasteiger partial charge in [-0.05, 0) is 39.3 Å². The molecule has 0 radical (unpaired) electrons. The molecule has 0 bridgehead atoms. The number of rotatable bonds is 4. The van der Waals surface area contributed by atoms with Crippen molar-refractivity contribution in [2.45, 2.75) is 39.7 Å².